The molecule has 4 aromatic carbocycles. The second-order valence-corrected chi connectivity index (χ2v) is 12.1. The maximum absolute atomic E-state index is 14.1. The molecule has 0 saturated heterocycles. The van der Waals surface area contributed by atoms with Gasteiger partial charge in [0.25, 0.3) is 11.5 Å². The van der Waals surface area contributed by atoms with Crippen LogP contribution >= 0.6 is 27.3 Å². The molecule has 2 heterocycles. The summed E-state index contributed by atoms with van der Waals surface area (Å²) in [5.41, 5.74) is 3.60. The number of nitrogens with zero attached hydrogens (tertiary/aromatic N) is 2. The number of nitrogens with one attached hydrogen (secondary N) is 1. The Balaban J connectivity index is 1.37. The molecule has 0 spiro atoms. The number of hydrogen-bond donors (Lipinski definition) is 1. The van der Waals surface area contributed by atoms with E-state index in [1.807, 2.05) is 60.7 Å². The van der Waals surface area contributed by atoms with Gasteiger partial charge in [-0.05, 0) is 94.2 Å². The number of carbonyl (C=O) groups excluding carboxylic acids is 1. The minimum Gasteiger partial charge on any atom is -0.497 e. The van der Waals surface area contributed by atoms with E-state index in [2.05, 4.69) is 21.2 Å². The van der Waals surface area contributed by atoms with E-state index in [1.54, 1.807) is 48.9 Å². The lowest BCUT2D eigenvalue weighted by molar-refractivity contribution is -0.113. The number of carbonyl (C=O) groups is 1. The number of fused-ring (bicyclic) bond motifs is 1. The summed E-state index contributed by atoms with van der Waals surface area (Å²) >= 11 is 4.83. The molecule has 0 saturated carbocycles. The fourth-order valence-corrected chi connectivity index (χ4v) is 6.63. The van der Waals surface area contributed by atoms with E-state index in [-0.39, 0.29) is 23.9 Å². The van der Waals surface area contributed by atoms with Crippen molar-refractivity contribution in [3.05, 3.63) is 155 Å². The average Bonchev–Trinajstić information content (AvgIpc) is 3.34. The van der Waals surface area contributed by atoms with Crippen LogP contribution in [-0.4, -0.2) is 17.6 Å². The van der Waals surface area contributed by atoms with Crippen molar-refractivity contribution >= 4 is 44.9 Å². The lowest BCUT2D eigenvalue weighted by atomic mass is 9.95. The molecule has 226 valence electrons. The Labute approximate surface area is 270 Å². The van der Waals surface area contributed by atoms with Gasteiger partial charge in [-0.25, -0.2) is 9.38 Å². The van der Waals surface area contributed by atoms with Crippen molar-refractivity contribution in [3.8, 4) is 11.5 Å². The van der Waals surface area contributed by atoms with Gasteiger partial charge >= 0.3 is 0 Å². The Kier molecular flexibility index (Phi) is 8.77. The van der Waals surface area contributed by atoms with Crippen LogP contribution in [0.1, 0.15) is 29.7 Å². The molecule has 1 aliphatic heterocycles. The van der Waals surface area contributed by atoms with Crippen molar-refractivity contribution in [1.82, 2.24) is 4.57 Å². The van der Waals surface area contributed by atoms with Crippen LogP contribution in [0.2, 0.25) is 0 Å². The van der Waals surface area contributed by atoms with Crippen LogP contribution in [0.25, 0.3) is 6.08 Å². The summed E-state index contributed by atoms with van der Waals surface area (Å²) in [5, 5.41) is 2.96. The van der Waals surface area contributed by atoms with E-state index in [4.69, 9.17) is 14.5 Å². The molecule has 6 rings (SSSR count). The Morgan fingerprint density at radius 2 is 1.82 bits per heavy atom. The molecule has 0 aliphatic carbocycles. The summed E-state index contributed by atoms with van der Waals surface area (Å²) in [6.45, 7) is 2.06. The highest BCUT2D eigenvalue weighted by Gasteiger charge is 2.32. The molecule has 1 atom stereocenters. The van der Waals surface area contributed by atoms with Gasteiger partial charge in [-0.1, -0.05) is 59.9 Å². The number of methoxy groups -OCH3 is 1. The van der Waals surface area contributed by atoms with Crippen molar-refractivity contribution < 1.29 is 18.7 Å². The molecule has 0 radical (unpaired) electrons. The maximum atomic E-state index is 14.1. The third-order valence-corrected chi connectivity index (χ3v) is 8.87. The van der Waals surface area contributed by atoms with E-state index in [0.29, 0.717) is 42.3 Å². The second kappa shape index (κ2) is 13.1. The van der Waals surface area contributed by atoms with E-state index in [9.17, 15) is 14.0 Å². The summed E-state index contributed by atoms with van der Waals surface area (Å²) < 4.78 is 27.4. The Morgan fingerprint density at radius 1 is 1.04 bits per heavy atom. The smallest absolute Gasteiger partial charge is 0.271 e. The summed E-state index contributed by atoms with van der Waals surface area (Å²) in [5.74, 6) is 0.579. The van der Waals surface area contributed by atoms with E-state index < -0.39 is 6.04 Å². The molecule has 1 N–H and O–H groups in total. The highest BCUT2D eigenvalue weighted by Crippen LogP contribution is 2.32. The molecule has 1 aromatic heterocycles. The fraction of sp³-hybridized carbons (Fsp3) is 0.114. The maximum Gasteiger partial charge on any atom is 0.271 e. The molecule has 0 fully saturated rings. The zero-order valence-corrected chi connectivity index (χ0v) is 26.7. The first kappa shape index (κ1) is 30.2. The van der Waals surface area contributed by atoms with Crippen molar-refractivity contribution in [2.75, 3.05) is 12.4 Å². The van der Waals surface area contributed by atoms with Gasteiger partial charge in [0.2, 0.25) is 0 Å². The number of anilines is 1. The first-order valence-corrected chi connectivity index (χ1v) is 15.6. The van der Waals surface area contributed by atoms with Crippen LogP contribution in [0, 0.1) is 5.82 Å². The first-order chi connectivity index (χ1) is 21.8. The molecule has 10 heteroatoms. The predicted molar refractivity (Wildman–Crippen MR) is 177 cm³/mol. The van der Waals surface area contributed by atoms with Crippen LogP contribution in [0.3, 0.4) is 0 Å². The minimum atomic E-state index is -0.726. The molecule has 1 aliphatic rings. The Bertz CT molecular complexity index is 2110. The molecule has 0 unspecified atom stereocenters. The third kappa shape index (κ3) is 6.52. The van der Waals surface area contributed by atoms with Gasteiger partial charge in [0.1, 0.15) is 23.9 Å². The molecule has 5 aromatic rings. The number of ether oxygens (including phenoxy) is 2. The number of para-hydroxylation sites is 1. The Hall–Kier alpha value is -4.80. The van der Waals surface area contributed by atoms with Crippen LogP contribution in [0.15, 0.2) is 123 Å². The van der Waals surface area contributed by atoms with Gasteiger partial charge in [-0.3, -0.25) is 14.2 Å². The number of rotatable bonds is 8. The quantitative estimate of drug-likeness (QED) is 0.206. The standard InChI is InChI=1S/C35H27BrFN3O4S/c1-21-31(33(41)39-26-8-4-3-5-9-26)32(24-7-6-10-27(19-24)43-2)40-34(42)30(45-35(40)38-21)18-23-13-16-29(28(36)17-23)44-20-22-11-14-25(37)15-12-22/h3-19,32H,20H2,1-2H3,(H,39,41)/b30-18-/t32-/m0/s1. The van der Waals surface area contributed by atoms with Gasteiger partial charge in [-0.15, -0.1) is 0 Å². The largest absolute Gasteiger partial charge is 0.497 e. The zero-order valence-electron chi connectivity index (χ0n) is 24.3. The van der Waals surface area contributed by atoms with Gasteiger partial charge < -0.3 is 14.8 Å². The molecule has 7 nitrogen and oxygen atoms in total. The van der Waals surface area contributed by atoms with E-state index in [0.717, 1.165) is 16.7 Å². The SMILES string of the molecule is COc1cccc([C@H]2C(C(=O)Nc3ccccc3)=C(C)N=c3s/c(=C\c4ccc(OCc5ccc(F)cc5)c(Br)c4)c(=O)n32)c1. The topological polar surface area (TPSA) is 81.9 Å². The van der Waals surface area contributed by atoms with Crippen molar-refractivity contribution in [2.24, 2.45) is 4.99 Å². The molecule has 0 bridgehead atoms. The van der Waals surface area contributed by atoms with Crippen LogP contribution < -0.4 is 29.7 Å². The number of halogens is 2. The van der Waals surface area contributed by atoms with Crippen molar-refractivity contribution in [3.63, 3.8) is 0 Å². The lowest BCUT2D eigenvalue weighted by Crippen LogP contribution is -2.40. The summed E-state index contributed by atoms with van der Waals surface area (Å²) in [6, 6.07) is 27.5. The Morgan fingerprint density at radius 3 is 2.56 bits per heavy atom. The van der Waals surface area contributed by atoms with Crippen LogP contribution in [-0.2, 0) is 11.4 Å². The summed E-state index contributed by atoms with van der Waals surface area (Å²) in [4.78, 5) is 33.0. The monoisotopic (exact) mass is 683 g/mol. The van der Waals surface area contributed by atoms with E-state index in [1.165, 1.54) is 23.5 Å². The molecular formula is C35H27BrFN3O4S. The van der Waals surface area contributed by atoms with Crippen molar-refractivity contribution in [1.29, 1.82) is 0 Å². The number of benzene rings is 4. The van der Waals surface area contributed by atoms with Crippen LogP contribution in [0.5, 0.6) is 11.5 Å². The molecule has 1 amide bonds. The normalized spacial score (nSPS) is 14.5. The van der Waals surface area contributed by atoms with Crippen LogP contribution in [0.4, 0.5) is 10.1 Å². The van der Waals surface area contributed by atoms with Gasteiger partial charge in [-0.2, -0.15) is 0 Å². The van der Waals surface area contributed by atoms with Crippen molar-refractivity contribution in [2.45, 2.75) is 19.6 Å². The number of thiazole rings is 1. The van der Waals surface area contributed by atoms with Gasteiger partial charge in [0, 0.05) is 5.69 Å². The molecule has 45 heavy (non-hydrogen) atoms. The minimum absolute atomic E-state index is 0.267. The number of amides is 1. The number of allylic oxidation sites excluding steroid dienone is 1. The van der Waals surface area contributed by atoms with Gasteiger partial charge in [0.05, 0.1) is 33.4 Å². The highest BCUT2D eigenvalue weighted by molar-refractivity contribution is 9.10. The average molecular weight is 685 g/mol. The summed E-state index contributed by atoms with van der Waals surface area (Å²) in [6.07, 6.45) is 1.80. The first-order valence-electron chi connectivity index (χ1n) is 14.0. The fourth-order valence-electron chi connectivity index (χ4n) is 5.08. The number of aromatic nitrogens is 1. The lowest BCUT2D eigenvalue weighted by Gasteiger charge is -2.25. The zero-order chi connectivity index (χ0) is 31.5. The number of hydrogen-bond acceptors (Lipinski definition) is 6. The third-order valence-electron chi connectivity index (χ3n) is 7.27. The van der Waals surface area contributed by atoms with Gasteiger partial charge in [0.15, 0.2) is 4.80 Å². The highest BCUT2D eigenvalue weighted by atomic mass is 79.9. The summed E-state index contributed by atoms with van der Waals surface area (Å²) in [7, 11) is 1.58. The second-order valence-electron chi connectivity index (χ2n) is 10.3. The predicted octanol–water partition coefficient (Wildman–Crippen LogP) is 6.36. The molecular weight excluding hydrogens is 657 g/mol. The van der Waals surface area contributed by atoms with E-state index >= 15 is 0 Å².